The van der Waals surface area contributed by atoms with Crippen molar-refractivity contribution in [1.82, 2.24) is 20.2 Å². The number of anilines is 1. The van der Waals surface area contributed by atoms with Gasteiger partial charge >= 0.3 is 0 Å². The summed E-state index contributed by atoms with van der Waals surface area (Å²) in [5.41, 5.74) is 1.10. The Kier molecular flexibility index (Phi) is 6.71. The number of aromatic nitrogens is 4. The van der Waals surface area contributed by atoms with Gasteiger partial charge in [0, 0.05) is 18.7 Å². The first-order valence-electron chi connectivity index (χ1n) is 11.0. The summed E-state index contributed by atoms with van der Waals surface area (Å²) in [6.45, 7) is 7.79. The van der Waals surface area contributed by atoms with Crippen LogP contribution in [0.25, 0.3) is 0 Å². The van der Waals surface area contributed by atoms with Crippen molar-refractivity contribution in [3.05, 3.63) is 35.9 Å². The van der Waals surface area contributed by atoms with Gasteiger partial charge in [0.05, 0.1) is 38.8 Å². The number of hydrogen-bond acceptors (Lipinski definition) is 5. The Labute approximate surface area is 171 Å². The van der Waals surface area contributed by atoms with E-state index in [2.05, 4.69) is 27.3 Å². The number of benzene rings is 1. The van der Waals surface area contributed by atoms with Gasteiger partial charge in [-0.3, -0.25) is 0 Å². The second kappa shape index (κ2) is 9.63. The molecule has 4 rings (SSSR count). The zero-order valence-corrected chi connectivity index (χ0v) is 17.3. The van der Waals surface area contributed by atoms with Crippen molar-refractivity contribution in [2.45, 2.75) is 57.7 Å². The van der Waals surface area contributed by atoms with Crippen LogP contribution in [0.1, 0.15) is 50.9 Å². The molecule has 1 aromatic carbocycles. The minimum absolute atomic E-state index is 0.185. The summed E-state index contributed by atoms with van der Waals surface area (Å²) in [4.78, 5) is 3.88. The predicted molar refractivity (Wildman–Crippen MR) is 108 cm³/mol. The van der Waals surface area contributed by atoms with Gasteiger partial charge in [-0.2, -0.15) is 0 Å². The number of unbranched alkanes of at least 4 members (excludes halogenated alkanes) is 1. The number of piperazine rings is 1. The van der Waals surface area contributed by atoms with Crippen LogP contribution >= 0.6 is 0 Å². The van der Waals surface area contributed by atoms with E-state index < -0.39 is 0 Å². The lowest BCUT2D eigenvalue weighted by molar-refractivity contribution is -0.933. The van der Waals surface area contributed by atoms with Gasteiger partial charge in [0.1, 0.15) is 11.9 Å². The lowest BCUT2D eigenvalue weighted by Gasteiger charge is -2.37. The van der Waals surface area contributed by atoms with Crippen LogP contribution in [0.15, 0.2) is 24.3 Å². The predicted octanol–water partition coefficient (Wildman–Crippen LogP) is 1.63. The molecular formula is C21H32FN6O+. The number of rotatable bonds is 8. The Hall–Kier alpha value is -2.06. The highest BCUT2D eigenvalue weighted by Gasteiger charge is 2.33. The molecule has 2 atom stereocenters. The summed E-state index contributed by atoms with van der Waals surface area (Å²) in [5.74, 6) is 0.815. The van der Waals surface area contributed by atoms with Crippen molar-refractivity contribution >= 4 is 5.69 Å². The zero-order valence-electron chi connectivity index (χ0n) is 17.3. The van der Waals surface area contributed by atoms with E-state index >= 15 is 0 Å². The third-order valence-electron chi connectivity index (χ3n) is 6.21. The summed E-state index contributed by atoms with van der Waals surface area (Å²) in [6.07, 6.45) is 5.87. The fraction of sp³-hybridized carbons (Fsp3) is 0.667. The molecule has 2 aliphatic heterocycles. The first-order valence-corrected chi connectivity index (χ1v) is 11.0. The summed E-state index contributed by atoms with van der Waals surface area (Å²) in [7, 11) is 0. The van der Waals surface area contributed by atoms with Crippen LogP contribution < -0.4 is 9.80 Å². The largest absolute Gasteiger partial charge is 0.376 e. The highest BCUT2D eigenvalue weighted by atomic mass is 19.1. The molecule has 0 saturated carbocycles. The molecule has 1 N–H and O–H groups in total. The molecular weight excluding hydrogens is 371 g/mol. The molecule has 0 spiro atoms. The van der Waals surface area contributed by atoms with Crippen molar-refractivity contribution in [2.24, 2.45) is 0 Å². The van der Waals surface area contributed by atoms with E-state index in [0.717, 1.165) is 70.1 Å². The van der Waals surface area contributed by atoms with Gasteiger partial charge in [-0.1, -0.05) is 13.3 Å². The van der Waals surface area contributed by atoms with Gasteiger partial charge in [0.15, 0.2) is 0 Å². The van der Waals surface area contributed by atoms with Crippen molar-refractivity contribution in [2.75, 3.05) is 37.7 Å². The summed E-state index contributed by atoms with van der Waals surface area (Å²) in [6, 6.07) is 7.13. The minimum Gasteiger partial charge on any atom is -0.376 e. The highest BCUT2D eigenvalue weighted by Crippen LogP contribution is 2.19. The quantitative estimate of drug-likeness (QED) is 0.726. The second-order valence-electron chi connectivity index (χ2n) is 8.17. The fourth-order valence-electron chi connectivity index (χ4n) is 4.55. The van der Waals surface area contributed by atoms with Crippen molar-refractivity contribution in [3.63, 3.8) is 0 Å². The molecule has 1 aromatic heterocycles. The standard InChI is InChI=1S/C21H31FN6O/c1-2-3-6-20(21-23-24-25-28(21)16-19-5-4-15-29-19)27-13-11-26(12-14-27)18-9-7-17(22)8-10-18/h7-10,19-20H,2-6,11-16H2,1H3/p+1/t19-,20+/m0/s1. The Balaban J connectivity index is 1.44. The number of halogens is 1. The molecule has 8 heteroatoms. The van der Waals surface area contributed by atoms with Gasteiger partial charge in [-0.15, -0.1) is 5.10 Å². The first-order chi connectivity index (χ1) is 14.2. The molecule has 0 radical (unpaired) electrons. The number of nitrogens with zero attached hydrogens (tertiary/aromatic N) is 5. The van der Waals surface area contributed by atoms with Crippen molar-refractivity contribution < 1.29 is 14.0 Å². The van der Waals surface area contributed by atoms with Gasteiger partial charge in [-0.25, -0.2) is 9.07 Å². The summed E-state index contributed by atoms with van der Waals surface area (Å²) >= 11 is 0. The molecule has 7 nitrogen and oxygen atoms in total. The SMILES string of the molecule is CCCC[C@H](c1nnnn1C[C@@H]1CCCO1)[NH+]1CCN(c2ccc(F)cc2)CC1. The lowest BCUT2D eigenvalue weighted by atomic mass is 10.1. The van der Waals surface area contributed by atoms with E-state index in [4.69, 9.17) is 4.74 Å². The van der Waals surface area contributed by atoms with Crippen LogP contribution in [0, 0.1) is 5.82 Å². The molecule has 158 valence electrons. The molecule has 0 aliphatic carbocycles. The molecule has 2 saturated heterocycles. The first kappa shape index (κ1) is 20.2. The summed E-state index contributed by atoms with van der Waals surface area (Å²) in [5, 5.41) is 12.7. The van der Waals surface area contributed by atoms with E-state index in [0.29, 0.717) is 6.04 Å². The van der Waals surface area contributed by atoms with Gasteiger partial charge in [-0.05, 0) is 54.0 Å². The number of tetrazole rings is 1. The van der Waals surface area contributed by atoms with E-state index in [-0.39, 0.29) is 11.9 Å². The Bertz CT molecular complexity index is 753. The van der Waals surface area contributed by atoms with Crippen LogP contribution in [0.3, 0.4) is 0 Å². The maximum Gasteiger partial charge on any atom is 0.209 e. The van der Waals surface area contributed by atoms with Crippen molar-refractivity contribution in [3.8, 4) is 0 Å². The maximum atomic E-state index is 13.2. The van der Waals surface area contributed by atoms with E-state index in [9.17, 15) is 4.39 Å². The van der Waals surface area contributed by atoms with Crippen LogP contribution in [0.2, 0.25) is 0 Å². The Morgan fingerprint density at radius 1 is 1.24 bits per heavy atom. The average molecular weight is 404 g/mol. The second-order valence-corrected chi connectivity index (χ2v) is 8.17. The highest BCUT2D eigenvalue weighted by molar-refractivity contribution is 5.46. The molecule has 0 unspecified atom stereocenters. The molecule has 3 heterocycles. The lowest BCUT2D eigenvalue weighted by Crippen LogP contribution is -3.15. The smallest absolute Gasteiger partial charge is 0.209 e. The van der Waals surface area contributed by atoms with Crippen molar-refractivity contribution in [1.29, 1.82) is 0 Å². The van der Waals surface area contributed by atoms with Gasteiger partial charge in [0.2, 0.25) is 5.82 Å². The number of quaternary nitrogens is 1. The number of nitrogens with one attached hydrogen (secondary N) is 1. The monoisotopic (exact) mass is 403 g/mol. The van der Waals surface area contributed by atoms with Crippen LogP contribution in [0.5, 0.6) is 0 Å². The van der Waals surface area contributed by atoms with E-state index in [1.54, 1.807) is 4.90 Å². The third kappa shape index (κ3) is 4.93. The number of hydrogen-bond donors (Lipinski definition) is 1. The average Bonchev–Trinajstić information content (AvgIpc) is 3.42. The molecule has 0 amide bonds. The van der Waals surface area contributed by atoms with Crippen LogP contribution in [-0.2, 0) is 11.3 Å². The molecule has 2 aliphatic rings. The van der Waals surface area contributed by atoms with E-state index in [1.165, 1.54) is 25.0 Å². The van der Waals surface area contributed by atoms with Gasteiger partial charge in [0.25, 0.3) is 0 Å². The number of ether oxygens (including phenoxy) is 1. The van der Waals surface area contributed by atoms with Crippen LogP contribution in [0.4, 0.5) is 10.1 Å². The fourth-order valence-corrected chi connectivity index (χ4v) is 4.55. The van der Waals surface area contributed by atoms with Crippen LogP contribution in [-0.4, -0.2) is 59.1 Å². The molecule has 0 bridgehead atoms. The minimum atomic E-state index is -0.185. The summed E-state index contributed by atoms with van der Waals surface area (Å²) < 4.78 is 21.0. The third-order valence-corrected chi connectivity index (χ3v) is 6.21. The Morgan fingerprint density at radius 3 is 2.72 bits per heavy atom. The van der Waals surface area contributed by atoms with E-state index in [1.807, 2.05) is 16.8 Å². The maximum absolute atomic E-state index is 13.2. The molecule has 2 aromatic rings. The normalized spacial score (nSPS) is 21.6. The Morgan fingerprint density at radius 2 is 2.03 bits per heavy atom. The zero-order chi connectivity index (χ0) is 20.1. The van der Waals surface area contributed by atoms with Gasteiger partial charge < -0.3 is 14.5 Å². The molecule has 2 fully saturated rings. The topological polar surface area (TPSA) is 60.5 Å². The molecule has 29 heavy (non-hydrogen) atoms.